The summed E-state index contributed by atoms with van der Waals surface area (Å²) in [6.07, 6.45) is 1.21. The molecule has 2 aromatic heterocycles. The van der Waals surface area contributed by atoms with E-state index in [4.69, 9.17) is 23.8 Å². The zero-order valence-electron chi connectivity index (χ0n) is 17.1. The average Bonchev–Trinajstić information content (AvgIpc) is 3.39. The monoisotopic (exact) mass is 456 g/mol. The van der Waals surface area contributed by atoms with Crippen molar-refractivity contribution in [2.24, 2.45) is 0 Å². The third-order valence-electron chi connectivity index (χ3n) is 5.14. The third kappa shape index (κ3) is 6.46. The number of carbonyl (C=O) groups is 2. The first-order chi connectivity index (χ1) is 15.2. The maximum atomic E-state index is 12.5. The van der Waals surface area contributed by atoms with Crippen molar-refractivity contribution in [1.29, 1.82) is 0 Å². The summed E-state index contributed by atoms with van der Waals surface area (Å²) in [5.74, 6) is -1.35. The van der Waals surface area contributed by atoms with E-state index >= 15 is 0 Å². The predicted molar refractivity (Wildman–Crippen MR) is 104 cm³/mol. The Morgan fingerprint density at radius 2 is 2.06 bits per heavy atom. The van der Waals surface area contributed by atoms with Gasteiger partial charge >= 0.3 is 12.1 Å². The maximum Gasteiger partial charge on any atom is 0.490 e. The van der Waals surface area contributed by atoms with E-state index in [2.05, 4.69) is 4.98 Å². The Balaban J connectivity index is 0.000000360. The Kier molecular flexibility index (Phi) is 7.39. The molecule has 32 heavy (non-hydrogen) atoms. The molecule has 174 valence electrons. The number of carboxylic acids is 1. The van der Waals surface area contributed by atoms with E-state index in [0.29, 0.717) is 31.2 Å². The fourth-order valence-corrected chi connectivity index (χ4v) is 3.74. The lowest BCUT2D eigenvalue weighted by Crippen LogP contribution is -2.50. The standard InChI is InChI=1S/C19H22N2O4.C2HF3O2/c22-18(11-15-5-3-10-23-15)21-9-4-7-19(14-21)12-16(13-24-19)25-17-6-1-2-8-20-17;3-2(4,5)1(6)7/h1-3,5-6,8,10,16H,4,7,9,11-14H2;(H,6,7)/t16-,19+;/m1./s1. The van der Waals surface area contributed by atoms with Gasteiger partial charge in [0.25, 0.3) is 0 Å². The summed E-state index contributed by atoms with van der Waals surface area (Å²) in [5.41, 5.74) is -0.295. The summed E-state index contributed by atoms with van der Waals surface area (Å²) in [7, 11) is 0. The molecule has 0 saturated carbocycles. The molecular weight excluding hydrogens is 433 g/mol. The number of piperidine rings is 1. The van der Waals surface area contributed by atoms with Crippen molar-refractivity contribution in [3.63, 3.8) is 0 Å². The number of carboxylic acid groups (broad SMARTS) is 1. The number of aromatic nitrogens is 1. The smallest absolute Gasteiger partial charge is 0.475 e. The fraction of sp³-hybridized carbons (Fsp3) is 0.476. The number of amides is 1. The molecule has 0 aliphatic carbocycles. The van der Waals surface area contributed by atoms with E-state index in [-0.39, 0.29) is 17.6 Å². The molecule has 0 unspecified atom stereocenters. The second-order valence-corrected chi connectivity index (χ2v) is 7.58. The van der Waals surface area contributed by atoms with Crippen LogP contribution in [0.3, 0.4) is 0 Å². The van der Waals surface area contributed by atoms with Crippen LogP contribution < -0.4 is 4.74 Å². The zero-order valence-corrected chi connectivity index (χ0v) is 17.1. The summed E-state index contributed by atoms with van der Waals surface area (Å²) in [6, 6.07) is 9.26. The number of rotatable bonds is 4. The topological polar surface area (TPSA) is 102 Å². The van der Waals surface area contributed by atoms with E-state index in [9.17, 15) is 18.0 Å². The molecule has 2 atom stereocenters. The van der Waals surface area contributed by atoms with Gasteiger partial charge in [-0.15, -0.1) is 0 Å². The predicted octanol–water partition coefficient (Wildman–Crippen LogP) is 3.08. The first-order valence-corrected chi connectivity index (χ1v) is 9.99. The number of halogens is 3. The minimum absolute atomic E-state index is 0.0185. The highest BCUT2D eigenvalue weighted by molar-refractivity contribution is 5.78. The number of furan rings is 1. The third-order valence-corrected chi connectivity index (χ3v) is 5.14. The lowest BCUT2D eigenvalue weighted by molar-refractivity contribution is -0.192. The van der Waals surface area contributed by atoms with Crippen LogP contribution in [0.4, 0.5) is 13.2 Å². The lowest BCUT2D eigenvalue weighted by atomic mass is 9.89. The van der Waals surface area contributed by atoms with Crippen molar-refractivity contribution in [2.75, 3.05) is 19.7 Å². The van der Waals surface area contributed by atoms with E-state index in [1.807, 2.05) is 29.2 Å². The number of alkyl halides is 3. The fourth-order valence-electron chi connectivity index (χ4n) is 3.74. The van der Waals surface area contributed by atoms with Crippen LogP contribution in [0.25, 0.3) is 0 Å². The van der Waals surface area contributed by atoms with Crippen LogP contribution in [0.5, 0.6) is 5.88 Å². The van der Waals surface area contributed by atoms with E-state index < -0.39 is 12.1 Å². The minimum Gasteiger partial charge on any atom is -0.475 e. The van der Waals surface area contributed by atoms with E-state index in [1.165, 1.54) is 0 Å². The Morgan fingerprint density at radius 3 is 2.69 bits per heavy atom. The van der Waals surface area contributed by atoms with Gasteiger partial charge in [-0.3, -0.25) is 4.79 Å². The van der Waals surface area contributed by atoms with Gasteiger partial charge in [0.05, 0.1) is 24.9 Å². The molecule has 1 N–H and O–H groups in total. The number of pyridine rings is 1. The normalized spacial score (nSPS) is 22.8. The Labute approximate surface area is 181 Å². The maximum absolute atomic E-state index is 12.5. The molecular formula is C21H23F3N2O6. The quantitative estimate of drug-likeness (QED) is 0.754. The van der Waals surface area contributed by atoms with Crippen molar-refractivity contribution in [2.45, 2.75) is 43.6 Å². The van der Waals surface area contributed by atoms with Gasteiger partial charge in [-0.25, -0.2) is 9.78 Å². The van der Waals surface area contributed by atoms with Crippen LogP contribution in [-0.4, -0.2) is 64.4 Å². The summed E-state index contributed by atoms with van der Waals surface area (Å²) >= 11 is 0. The molecule has 0 aromatic carbocycles. The Hall–Kier alpha value is -3.08. The summed E-state index contributed by atoms with van der Waals surface area (Å²) < 4.78 is 49.1. The largest absolute Gasteiger partial charge is 0.490 e. The van der Waals surface area contributed by atoms with Crippen LogP contribution >= 0.6 is 0 Å². The van der Waals surface area contributed by atoms with Crippen molar-refractivity contribution < 1.29 is 41.8 Å². The Morgan fingerprint density at radius 1 is 1.28 bits per heavy atom. The molecule has 0 bridgehead atoms. The number of likely N-dealkylation sites (tertiary alicyclic amines) is 1. The van der Waals surface area contributed by atoms with Gasteiger partial charge in [0.1, 0.15) is 11.9 Å². The van der Waals surface area contributed by atoms with Crippen molar-refractivity contribution in [3.05, 3.63) is 48.6 Å². The highest BCUT2D eigenvalue weighted by Gasteiger charge is 2.45. The van der Waals surface area contributed by atoms with Crippen molar-refractivity contribution in [3.8, 4) is 5.88 Å². The zero-order chi connectivity index (χ0) is 23.2. The van der Waals surface area contributed by atoms with Crippen LogP contribution in [0, 0.1) is 0 Å². The minimum atomic E-state index is -5.08. The molecule has 0 radical (unpaired) electrons. The van der Waals surface area contributed by atoms with E-state index in [0.717, 1.165) is 25.8 Å². The molecule has 2 saturated heterocycles. The molecule has 11 heteroatoms. The molecule has 4 rings (SSSR count). The van der Waals surface area contributed by atoms with Crippen LogP contribution in [-0.2, 0) is 20.7 Å². The molecule has 2 aliphatic rings. The van der Waals surface area contributed by atoms with Crippen LogP contribution in [0.2, 0.25) is 0 Å². The number of hydrogen-bond acceptors (Lipinski definition) is 6. The summed E-state index contributed by atoms with van der Waals surface area (Å²) in [6.45, 7) is 1.93. The van der Waals surface area contributed by atoms with Crippen molar-refractivity contribution >= 4 is 11.9 Å². The number of carbonyl (C=O) groups excluding carboxylic acids is 1. The van der Waals surface area contributed by atoms with Gasteiger partial charge in [-0.2, -0.15) is 13.2 Å². The van der Waals surface area contributed by atoms with Crippen molar-refractivity contribution in [1.82, 2.24) is 9.88 Å². The molecule has 4 heterocycles. The number of aliphatic carboxylic acids is 1. The first kappa shape index (κ1) is 23.6. The molecule has 2 fully saturated rings. The highest BCUT2D eigenvalue weighted by atomic mass is 19.4. The number of nitrogens with zero attached hydrogens (tertiary/aromatic N) is 2. The second kappa shape index (κ2) is 10.0. The van der Waals surface area contributed by atoms with Gasteiger partial charge < -0.3 is 23.9 Å². The lowest BCUT2D eigenvalue weighted by Gasteiger charge is -2.39. The molecule has 1 amide bonds. The average molecular weight is 456 g/mol. The van der Waals surface area contributed by atoms with Gasteiger partial charge in [0.15, 0.2) is 0 Å². The summed E-state index contributed by atoms with van der Waals surface area (Å²) in [4.78, 5) is 27.5. The van der Waals surface area contributed by atoms with Gasteiger partial charge in [-0.05, 0) is 31.0 Å². The van der Waals surface area contributed by atoms with Crippen LogP contribution in [0.1, 0.15) is 25.0 Å². The first-order valence-electron chi connectivity index (χ1n) is 9.99. The van der Waals surface area contributed by atoms with Gasteiger partial charge in [-0.1, -0.05) is 6.07 Å². The second-order valence-electron chi connectivity index (χ2n) is 7.58. The highest BCUT2D eigenvalue weighted by Crippen LogP contribution is 2.36. The van der Waals surface area contributed by atoms with Gasteiger partial charge in [0.2, 0.25) is 11.8 Å². The van der Waals surface area contributed by atoms with E-state index in [1.54, 1.807) is 18.5 Å². The molecule has 2 aliphatic heterocycles. The number of ether oxygens (including phenoxy) is 2. The Bertz CT molecular complexity index is 891. The molecule has 1 spiro atoms. The SMILES string of the molecule is O=C(Cc1ccco1)N1CCC[C@]2(C[C@@H](Oc3ccccn3)CO2)C1.O=C(O)C(F)(F)F. The van der Waals surface area contributed by atoms with Crippen LogP contribution in [0.15, 0.2) is 47.2 Å². The number of hydrogen-bond donors (Lipinski definition) is 1. The van der Waals surface area contributed by atoms with Gasteiger partial charge in [0, 0.05) is 31.8 Å². The molecule has 8 nitrogen and oxygen atoms in total. The molecule has 2 aromatic rings. The summed E-state index contributed by atoms with van der Waals surface area (Å²) in [5, 5.41) is 7.12.